The van der Waals surface area contributed by atoms with Crippen molar-refractivity contribution in [2.24, 2.45) is 0 Å². The lowest BCUT2D eigenvalue weighted by molar-refractivity contribution is 1.05. The van der Waals surface area contributed by atoms with Crippen molar-refractivity contribution in [1.29, 1.82) is 0 Å². The average Bonchev–Trinajstić information content (AvgIpc) is 2.49. The average molecular weight is 162 g/mol. The van der Waals surface area contributed by atoms with Crippen molar-refractivity contribution >= 4 is 17.0 Å². The second-order valence-electron chi connectivity index (χ2n) is 2.64. The van der Waals surface area contributed by atoms with E-state index >= 15 is 0 Å². The number of hydrogen-bond acceptors (Lipinski definition) is 4. The van der Waals surface area contributed by atoms with Crippen LogP contribution < -0.4 is 4.90 Å². The summed E-state index contributed by atoms with van der Waals surface area (Å²) < 4.78 is 0. The molecule has 0 unspecified atom stereocenters. The number of nitrogens with one attached hydrogen (secondary N) is 1. The lowest BCUT2D eigenvalue weighted by atomic mass is 10.5. The number of hydrogen-bond donors (Lipinski definition) is 1. The van der Waals surface area contributed by atoms with Gasteiger partial charge < -0.3 is 9.88 Å². The molecule has 2 heterocycles. The second-order valence-corrected chi connectivity index (χ2v) is 2.64. The van der Waals surface area contributed by atoms with Crippen LogP contribution in [0.2, 0.25) is 0 Å². The van der Waals surface area contributed by atoms with Crippen LogP contribution in [0.25, 0.3) is 11.2 Å². The fourth-order valence-corrected chi connectivity index (χ4v) is 1.02. The van der Waals surface area contributed by atoms with Crippen LogP contribution in [0, 0.1) is 6.33 Å². The Kier molecular flexibility index (Phi) is 1.43. The first-order chi connectivity index (χ1) is 5.79. The van der Waals surface area contributed by atoms with Crippen molar-refractivity contribution in [3.8, 4) is 0 Å². The maximum atomic E-state index is 4.10. The van der Waals surface area contributed by atoms with E-state index in [0.29, 0.717) is 5.65 Å². The molecule has 0 amide bonds. The molecule has 1 radical (unpaired) electrons. The van der Waals surface area contributed by atoms with Crippen LogP contribution in [0.1, 0.15) is 0 Å². The van der Waals surface area contributed by atoms with E-state index in [1.807, 2.05) is 19.0 Å². The number of nitrogens with zero attached hydrogens (tertiary/aromatic N) is 4. The lowest BCUT2D eigenvalue weighted by Gasteiger charge is -2.09. The van der Waals surface area contributed by atoms with Gasteiger partial charge in [0.2, 0.25) is 6.33 Å². The summed E-state index contributed by atoms with van der Waals surface area (Å²) in [4.78, 5) is 16.8. The number of rotatable bonds is 1. The highest BCUT2D eigenvalue weighted by Gasteiger charge is 2.06. The van der Waals surface area contributed by atoms with Gasteiger partial charge >= 0.3 is 0 Å². The molecular formula is C7H8N5. The molecule has 1 N–H and O–H groups in total. The van der Waals surface area contributed by atoms with Gasteiger partial charge in [0.1, 0.15) is 5.52 Å². The van der Waals surface area contributed by atoms with Crippen molar-refractivity contribution in [2.75, 3.05) is 19.0 Å². The highest BCUT2D eigenvalue weighted by molar-refractivity contribution is 5.82. The molecule has 0 aromatic carbocycles. The zero-order chi connectivity index (χ0) is 8.55. The smallest absolute Gasteiger partial charge is 0.201 e. The SMILES string of the molecule is CN(C)c1n[c]nc2[nH]cnc12. The van der Waals surface area contributed by atoms with E-state index in [4.69, 9.17) is 0 Å². The van der Waals surface area contributed by atoms with Crippen LogP contribution in [0.5, 0.6) is 0 Å². The summed E-state index contributed by atoms with van der Waals surface area (Å²) in [5.41, 5.74) is 1.49. The first kappa shape index (κ1) is 7.02. The third kappa shape index (κ3) is 0.903. The predicted octanol–water partition coefficient (Wildman–Crippen LogP) is 0.219. The minimum absolute atomic E-state index is 0.716. The predicted molar refractivity (Wildman–Crippen MR) is 44.8 cm³/mol. The summed E-state index contributed by atoms with van der Waals surface area (Å²) in [6.45, 7) is 0. The molecule has 0 fully saturated rings. The van der Waals surface area contributed by atoms with Gasteiger partial charge in [-0.1, -0.05) is 0 Å². The molecule has 0 atom stereocenters. The van der Waals surface area contributed by atoms with Crippen LogP contribution >= 0.6 is 0 Å². The Morgan fingerprint density at radius 2 is 2.25 bits per heavy atom. The molecule has 12 heavy (non-hydrogen) atoms. The first-order valence-corrected chi connectivity index (χ1v) is 3.53. The standard InChI is InChI=1S/C7H8N5/c1-12(2)7-5-6(9-3-8-5)10-4-11-7/h3H,1-2H3,(H,8,9,10,11). The van der Waals surface area contributed by atoms with E-state index in [-0.39, 0.29) is 0 Å². The first-order valence-electron chi connectivity index (χ1n) is 3.53. The third-order valence-corrected chi connectivity index (χ3v) is 1.57. The quantitative estimate of drug-likeness (QED) is 0.651. The normalized spacial score (nSPS) is 10.5. The molecule has 2 aromatic rings. The monoisotopic (exact) mass is 162 g/mol. The summed E-state index contributed by atoms with van der Waals surface area (Å²) in [6, 6.07) is 0. The highest BCUT2D eigenvalue weighted by Crippen LogP contribution is 2.15. The van der Waals surface area contributed by atoms with Crippen LogP contribution in [-0.4, -0.2) is 34.0 Å². The van der Waals surface area contributed by atoms with Crippen molar-refractivity contribution in [3.63, 3.8) is 0 Å². The number of H-pyrrole nitrogens is 1. The topological polar surface area (TPSA) is 57.7 Å². The van der Waals surface area contributed by atoms with Gasteiger partial charge in [-0.2, -0.15) is 0 Å². The Labute approximate surface area is 69.5 Å². The second kappa shape index (κ2) is 2.44. The molecular weight excluding hydrogens is 154 g/mol. The Bertz CT molecular complexity index is 391. The highest BCUT2D eigenvalue weighted by atomic mass is 15.2. The van der Waals surface area contributed by atoms with Gasteiger partial charge in [0.15, 0.2) is 11.5 Å². The van der Waals surface area contributed by atoms with E-state index < -0.39 is 0 Å². The number of anilines is 1. The minimum Gasteiger partial charge on any atom is -0.361 e. The molecule has 0 aliphatic carbocycles. The maximum absolute atomic E-state index is 4.10. The van der Waals surface area contributed by atoms with Crippen LogP contribution in [-0.2, 0) is 0 Å². The molecule has 0 bridgehead atoms. The van der Waals surface area contributed by atoms with E-state index in [1.165, 1.54) is 0 Å². The Balaban J connectivity index is 2.73. The summed E-state index contributed by atoms with van der Waals surface area (Å²) in [5.74, 6) is 0.779. The van der Waals surface area contributed by atoms with Gasteiger partial charge in [-0.05, 0) is 0 Å². The molecule has 2 rings (SSSR count). The van der Waals surface area contributed by atoms with Crippen molar-refractivity contribution in [3.05, 3.63) is 12.7 Å². The molecule has 61 valence electrons. The zero-order valence-electron chi connectivity index (χ0n) is 6.87. The summed E-state index contributed by atoms with van der Waals surface area (Å²) in [7, 11) is 3.81. The van der Waals surface area contributed by atoms with Gasteiger partial charge in [-0.3, -0.25) is 0 Å². The fraction of sp³-hybridized carbons (Fsp3) is 0.286. The van der Waals surface area contributed by atoms with Gasteiger partial charge in [-0.15, -0.1) is 0 Å². The molecule has 0 aliphatic heterocycles. The van der Waals surface area contributed by atoms with Gasteiger partial charge in [0, 0.05) is 14.1 Å². The number of aromatic amines is 1. The molecule has 0 saturated carbocycles. The van der Waals surface area contributed by atoms with Gasteiger partial charge in [-0.25, -0.2) is 15.0 Å². The maximum Gasteiger partial charge on any atom is 0.201 e. The lowest BCUT2D eigenvalue weighted by Crippen LogP contribution is -2.11. The van der Waals surface area contributed by atoms with E-state index in [0.717, 1.165) is 11.3 Å². The summed E-state index contributed by atoms with van der Waals surface area (Å²) >= 11 is 0. The number of imidazole rings is 1. The molecule has 5 heteroatoms. The van der Waals surface area contributed by atoms with Gasteiger partial charge in [0.25, 0.3) is 0 Å². The molecule has 0 aliphatic rings. The molecule has 5 nitrogen and oxygen atoms in total. The van der Waals surface area contributed by atoms with Crippen LogP contribution in [0.15, 0.2) is 6.33 Å². The Morgan fingerprint density at radius 3 is 3.00 bits per heavy atom. The third-order valence-electron chi connectivity index (χ3n) is 1.57. The summed E-state index contributed by atoms with van der Waals surface area (Å²) in [5, 5.41) is 0. The van der Waals surface area contributed by atoms with Crippen molar-refractivity contribution < 1.29 is 0 Å². The zero-order valence-corrected chi connectivity index (χ0v) is 6.87. The van der Waals surface area contributed by atoms with Crippen molar-refractivity contribution in [2.45, 2.75) is 0 Å². The summed E-state index contributed by atoms with van der Waals surface area (Å²) in [6.07, 6.45) is 4.16. The fourth-order valence-electron chi connectivity index (χ4n) is 1.02. The molecule has 2 aromatic heterocycles. The van der Waals surface area contributed by atoms with Crippen LogP contribution in [0.4, 0.5) is 5.82 Å². The van der Waals surface area contributed by atoms with E-state index in [2.05, 4.69) is 26.3 Å². The van der Waals surface area contributed by atoms with E-state index in [9.17, 15) is 0 Å². The number of aromatic nitrogens is 4. The largest absolute Gasteiger partial charge is 0.361 e. The Morgan fingerprint density at radius 1 is 1.42 bits per heavy atom. The molecule has 0 spiro atoms. The molecule has 0 saturated heterocycles. The van der Waals surface area contributed by atoms with Gasteiger partial charge in [0.05, 0.1) is 6.33 Å². The Hall–Kier alpha value is -1.65. The van der Waals surface area contributed by atoms with Crippen LogP contribution in [0.3, 0.4) is 0 Å². The van der Waals surface area contributed by atoms with Crippen molar-refractivity contribution in [1.82, 2.24) is 19.9 Å². The minimum atomic E-state index is 0.716. The number of fused-ring (bicyclic) bond motifs is 1. The van der Waals surface area contributed by atoms with E-state index in [1.54, 1.807) is 6.33 Å².